The van der Waals surface area contributed by atoms with E-state index in [1.54, 1.807) is 6.07 Å². The Bertz CT molecular complexity index is 1390. The lowest BCUT2D eigenvalue weighted by atomic mass is 10.0. The lowest BCUT2D eigenvalue weighted by molar-refractivity contribution is 0.0303. The molecule has 1 fully saturated rings. The van der Waals surface area contributed by atoms with Crippen molar-refractivity contribution in [1.82, 2.24) is 4.90 Å². The number of fused-ring (bicyclic) bond motifs is 1. The van der Waals surface area contributed by atoms with Gasteiger partial charge in [-0.2, -0.15) is 0 Å². The van der Waals surface area contributed by atoms with Gasteiger partial charge in [-0.05, 0) is 90.9 Å². The predicted octanol–water partition coefficient (Wildman–Crippen LogP) is 4.50. The van der Waals surface area contributed by atoms with Gasteiger partial charge in [-0.15, -0.1) is 0 Å². The number of carbonyl (C=O) groups is 1. The molecular formula is C28H30N2O4S. The number of hydrogen-bond donors (Lipinski definition) is 0. The smallest absolute Gasteiger partial charge is 0.264 e. The predicted molar refractivity (Wildman–Crippen MR) is 137 cm³/mol. The van der Waals surface area contributed by atoms with E-state index >= 15 is 0 Å². The van der Waals surface area contributed by atoms with Gasteiger partial charge in [0.05, 0.1) is 23.8 Å². The Balaban J connectivity index is 1.39. The van der Waals surface area contributed by atoms with Crippen LogP contribution in [0, 0.1) is 20.8 Å². The topological polar surface area (TPSA) is 66.9 Å². The van der Waals surface area contributed by atoms with E-state index in [0.717, 1.165) is 39.1 Å². The molecule has 0 unspecified atom stereocenters. The molecule has 2 heterocycles. The molecule has 7 heteroatoms. The first-order valence-corrected chi connectivity index (χ1v) is 13.4. The van der Waals surface area contributed by atoms with Gasteiger partial charge in [0.1, 0.15) is 0 Å². The molecule has 0 radical (unpaired) electrons. The van der Waals surface area contributed by atoms with Crippen molar-refractivity contribution in [2.24, 2.45) is 0 Å². The van der Waals surface area contributed by atoms with Gasteiger partial charge in [-0.25, -0.2) is 8.42 Å². The summed E-state index contributed by atoms with van der Waals surface area (Å²) in [5.74, 6) is 0.0243. The Morgan fingerprint density at radius 2 is 1.46 bits per heavy atom. The fourth-order valence-corrected chi connectivity index (χ4v) is 6.68. The standard InChI is InChI=1S/C28H30N2O4S/c1-19-16-21(3)27(17-20(19)2)35(32,33)30-11-10-25-18-24(8-9-26(25)30)22-4-6-23(7-5-22)28(31)29-12-14-34-15-13-29/h4-9,16-18H,10-15H2,1-3H3. The van der Waals surface area contributed by atoms with Crippen LogP contribution in [0.3, 0.4) is 0 Å². The number of carbonyl (C=O) groups excluding carboxylic acids is 1. The zero-order valence-electron chi connectivity index (χ0n) is 20.4. The highest BCUT2D eigenvalue weighted by Crippen LogP contribution is 2.37. The van der Waals surface area contributed by atoms with Gasteiger partial charge in [0.25, 0.3) is 15.9 Å². The Kier molecular flexibility index (Phi) is 6.15. The SMILES string of the molecule is Cc1cc(C)c(S(=O)(=O)N2CCc3cc(-c4ccc(C(=O)N5CCOCC5)cc4)ccc32)cc1C. The normalized spacial score (nSPS) is 15.9. The maximum Gasteiger partial charge on any atom is 0.264 e. The summed E-state index contributed by atoms with van der Waals surface area (Å²) >= 11 is 0. The van der Waals surface area contributed by atoms with Crippen LogP contribution in [0.5, 0.6) is 0 Å². The molecule has 3 aromatic carbocycles. The monoisotopic (exact) mass is 490 g/mol. The van der Waals surface area contributed by atoms with Crippen LogP contribution < -0.4 is 4.31 Å². The number of ether oxygens (including phenoxy) is 1. The fourth-order valence-electron chi connectivity index (χ4n) is 4.89. The molecule has 6 nitrogen and oxygen atoms in total. The number of nitrogens with zero attached hydrogens (tertiary/aromatic N) is 2. The van der Waals surface area contributed by atoms with E-state index in [0.29, 0.717) is 49.7 Å². The van der Waals surface area contributed by atoms with Crippen LogP contribution in [0.2, 0.25) is 0 Å². The molecule has 2 aliphatic rings. The van der Waals surface area contributed by atoms with E-state index in [4.69, 9.17) is 4.74 Å². The van der Waals surface area contributed by atoms with Gasteiger partial charge in [0.15, 0.2) is 0 Å². The van der Waals surface area contributed by atoms with Crippen molar-refractivity contribution in [3.05, 3.63) is 82.4 Å². The van der Waals surface area contributed by atoms with Gasteiger partial charge in [-0.3, -0.25) is 9.10 Å². The number of hydrogen-bond acceptors (Lipinski definition) is 4. The minimum Gasteiger partial charge on any atom is -0.378 e. The van der Waals surface area contributed by atoms with Gasteiger partial charge >= 0.3 is 0 Å². The first kappa shape index (κ1) is 23.6. The zero-order chi connectivity index (χ0) is 24.7. The van der Waals surface area contributed by atoms with Crippen LogP contribution in [-0.4, -0.2) is 52.1 Å². The summed E-state index contributed by atoms with van der Waals surface area (Å²) in [6, 6.07) is 17.3. The molecule has 2 aliphatic heterocycles. The van der Waals surface area contributed by atoms with Crippen molar-refractivity contribution in [3.8, 4) is 11.1 Å². The second kappa shape index (κ2) is 9.13. The molecule has 0 N–H and O–H groups in total. The van der Waals surface area contributed by atoms with E-state index in [1.807, 2.05) is 68.1 Å². The summed E-state index contributed by atoms with van der Waals surface area (Å²) in [5.41, 5.74) is 7.26. The highest BCUT2D eigenvalue weighted by Gasteiger charge is 2.32. The molecule has 0 bridgehead atoms. The molecule has 1 saturated heterocycles. The molecule has 3 aromatic rings. The lowest BCUT2D eigenvalue weighted by Crippen LogP contribution is -2.40. The van der Waals surface area contributed by atoms with Gasteiger partial charge in [0.2, 0.25) is 0 Å². The molecule has 1 amide bonds. The van der Waals surface area contributed by atoms with Crippen molar-refractivity contribution in [1.29, 1.82) is 0 Å². The van der Waals surface area contributed by atoms with Crippen molar-refractivity contribution in [2.45, 2.75) is 32.1 Å². The Morgan fingerprint density at radius 1 is 0.800 bits per heavy atom. The minimum absolute atomic E-state index is 0.0243. The number of rotatable bonds is 4. The number of anilines is 1. The van der Waals surface area contributed by atoms with Crippen LogP contribution in [-0.2, 0) is 21.2 Å². The highest BCUT2D eigenvalue weighted by molar-refractivity contribution is 7.93. The Hall–Kier alpha value is -3.16. The van der Waals surface area contributed by atoms with Crippen molar-refractivity contribution in [3.63, 3.8) is 0 Å². The number of morpholine rings is 1. The third-order valence-corrected chi connectivity index (χ3v) is 9.01. The number of benzene rings is 3. The van der Waals surface area contributed by atoms with E-state index in [1.165, 1.54) is 4.31 Å². The third-order valence-electron chi connectivity index (χ3n) is 7.06. The second-order valence-corrected chi connectivity index (χ2v) is 11.2. The first-order valence-electron chi connectivity index (χ1n) is 12.0. The van der Waals surface area contributed by atoms with Gasteiger partial charge < -0.3 is 9.64 Å². The average molecular weight is 491 g/mol. The van der Waals surface area contributed by atoms with E-state index < -0.39 is 10.0 Å². The largest absolute Gasteiger partial charge is 0.378 e. The number of sulfonamides is 1. The fraction of sp³-hybridized carbons (Fsp3) is 0.321. The Morgan fingerprint density at radius 3 is 2.17 bits per heavy atom. The number of aryl methyl sites for hydroxylation is 3. The van der Waals surface area contributed by atoms with Crippen LogP contribution in [0.25, 0.3) is 11.1 Å². The lowest BCUT2D eigenvalue weighted by Gasteiger charge is -2.26. The van der Waals surface area contributed by atoms with E-state index in [9.17, 15) is 13.2 Å². The summed E-state index contributed by atoms with van der Waals surface area (Å²) in [7, 11) is -3.64. The molecular weight excluding hydrogens is 460 g/mol. The molecule has 0 spiro atoms. The van der Waals surface area contributed by atoms with Crippen molar-refractivity contribution in [2.75, 3.05) is 37.2 Å². The first-order chi connectivity index (χ1) is 16.8. The third kappa shape index (κ3) is 4.34. The zero-order valence-corrected chi connectivity index (χ0v) is 21.2. The maximum atomic E-state index is 13.6. The minimum atomic E-state index is -3.64. The highest BCUT2D eigenvalue weighted by atomic mass is 32.2. The maximum absolute atomic E-state index is 13.6. The Labute approximate surface area is 207 Å². The van der Waals surface area contributed by atoms with Crippen molar-refractivity contribution >= 4 is 21.6 Å². The second-order valence-electron chi connectivity index (χ2n) is 9.35. The number of amides is 1. The molecule has 182 valence electrons. The van der Waals surface area contributed by atoms with Crippen LogP contribution >= 0.6 is 0 Å². The molecule has 35 heavy (non-hydrogen) atoms. The summed E-state index contributed by atoms with van der Waals surface area (Å²) in [4.78, 5) is 14.9. The average Bonchev–Trinajstić information content (AvgIpc) is 3.30. The van der Waals surface area contributed by atoms with Crippen LogP contribution in [0.4, 0.5) is 5.69 Å². The molecule has 0 aromatic heterocycles. The van der Waals surface area contributed by atoms with E-state index in [2.05, 4.69) is 6.07 Å². The van der Waals surface area contributed by atoms with Gasteiger partial charge in [-0.1, -0.05) is 24.3 Å². The summed E-state index contributed by atoms with van der Waals surface area (Å²) in [6.45, 7) is 8.62. The molecule has 0 atom stereocenters. The van der Waals surface area contributed by atoms with Crippen molar-refractivity contribution < 1.29 is 17.9 Å². The summed E-state index contributed by atoms with van der Waals surface area (Å²) < 4.78 is 34.0. The van der Waals surface area contributed by atoms with E-state index in [-0.39, 0.29) is 5.91 Å². The van der Waals surface area contributed by atoms with Crippen LogP contribution in [0.15, 0.2) is 59.5 Å². The molecule has 0 aliphatic carbocycles. The van der Waals surface area contributed by atoms with Crippen LogP contribution in [0.1, 0.15) is 32.6 Å². The molecule has 0 saturated carbocycles. The summed E-state index contributed by atoms with van der Waals surface area (Å²) in [5, 5.41) is 0. The quantitative estimate of drug-likeness (QED) is 0.540. The summed E-state index contributed by atoms with van der Waals surface area (Å²) in [6.07, 6.45) is 0.667. The van der Waals surface area contributed by atoms with Gasteiger partial charge in [0, 0.05) is 25.2 Å². The molecule has 5 rings (SSSR count).